The number of nitrogens with two attached hydrogens (primary N) is 1. The van der Waals surface area contributed by atoms with E-state index in [1.807, 2.05) is 0 Å². The summed E-state index contributed by atoms with van der Waals surface area (Å²) in [6, 6.07) is 4.19. The zero-order valence-electron chi connectivity index (χ0n) is 14.2. The van der Waals surface area contributed by atoms with Gasteiger partial charge in [0.2, 0.25) is 10.0 Å². The molecule has 1 aliphatic rings. The van der Waals surface area contributed by atoms with Gasteiger partial charge in [0.15, 0.2) is 0 Å². The Morgan fingerprint density at radius 2 is 2.00 bits per heavy atom. The molecule has 0 spiro atoms. The Labute approximate surface area is 143 Å². The van der Waals surface area contributed by atoms with Crippen LogP contribution in [0.25, 0.3) is 0 Å². The molecule has 24 heavy (non-hydrogen) atoms. The highest BCUT2D eigenvalue weighted by molar-refractivity contribution is 7.89. The minimum atomic E-state index is -3.74. The van der Waals surface area contributed by atoms with E-state index in [1.54, 1.807) is 13.0 Å². The van der Waals surface area contributed by atoms with Crippen molar-refractivity contribution in [3.8, 4) is 0 Å². The van der Waals surface area contributed by atoms with Gasteiger partial charge in [0.1, 0.15) is 0 Å². The predicted molar refractivity (Wildman–Crippen MR) is 92.3 cm³/mol. The van der Waals surface area contributed by atoms with Crippen molar-refractivity contribution in [1.82, 2.24) is 4.72 Å². The molecule has 0 radical (unpaired) electrons. The molecule has 1 aromatic carbocycles. The molecule has 1 aliphatic carbocycles. The maximum absolute atomic E-state index is 12.7. The van der Waals surface area contributed by atoms with Crippen molar-refractivity contribution in [3.05, 3.63) is 29.3 Å². The minimum absolute atomic E-state index is 0.0581. The first kappa shape index (κ1) is 18.9. The average Bonchev–Trinajstić information content (AvgIpc) is 2.60. The number of ether oxygens (including phenoxy) is 1. The number of hydrogen-bond acceptors (Lipinski definition) is 5. The van der Waals surface area contributed by atoms with Crippen LogP contribution in [-0.2, 0) is 14.8 Å². The summed E-state index contributed by atoms with van der Waals surface area (Å²) in [5, 5.41) is 0. The van der Waals surface area contributed by atoms with Gasteiger partial charge >= 0.3 is 5.97 Å². The maximum atomic E-state index is 12.7. The van der Waals surface area contributed by atoms with Crippen molar-refractivity contribution >= 4 is 16.0 Å². The molecule has 1 atom stereocenters. The number of rotatable bonds is 6. The van der Waals surface area contributed by atoms with Crippen LogP contribution < -0.4 is 10.5 Å². The van der Waals surface area contributed by atoms with Crippen molar-refractivity contribution in [2.24, 2.45) is 11.7 Å². The lowest BCUT2D eigenvalue weighted by Gasteiger charge is -2.29. The fraction of sp³-hybridized carbons (Fsp3) is 0.588. The van der Waals surface area contributed by atoms with Crippen molar-refractivity contribution in [1.29, 1.82) is 0 Å². The molecular formula is C17H26N2O4S. The normalized spacial score (nSPS) is 17.5. The highest BCUT2D eigenvalue weighted by Gasteiger charge is 2.28. The van der Waals surface area contributed by atoms with Crippen LogP contribution in [0.4, 0.5) is 0 Å². The van der Waals surface area contributed by atoms with E-state index in [9.17, 15) is 13.2 Å². The van der Waals surface area contributed by atoms with Gasteiger partial charge in [0.05, 0.1) is 17.6 Å². The summed E-state index contributed by atoms with van der Waals surface area (Å²) >= 11 is 0. The second kappa shape index (κ2) is 8.09. The first-order chi connectivity index (χ1) is 11.4. The molecular weight excluding hydrogens is 328 g/mol. The lowest BCUT2D eigenvalue weighted by atomic mass is 9.84. The van der Waals surface area contributed by atoms with Gasteiger partial charge in [0.25, 0.3) is 0 Å². The van der Waals surface area contributed by atoms with E-state index in [4.69, 9.17) is 10.5 Å². The molecule has 1 saturated carbocycles. The first-order valence-corrected chi connectivity index (χ1v) is 9.78. The molecule has 0 aromatic heterocycles. The van der Waals surface area contributed by atoms with E-state index in [0.717, 1.165) is 25.7 Å². The van der Waals surface area contributed by atoms with Crippen molar-refractivity contribution in [2.45, 2.75) is 50.0 Å². The van der Waals surface area contributed by atoms with Gasteiger partial charge in [-0.1, -0.05) is 25.3 Å². The number of hydrogen-bond donors (Lipinski definition) is 2. The van der Waals surface area contributed by atoms with E-state index >= 15 is 0 Å². The summed E-state index contributed by atoms with van der Waals surface area (Å²) in [5.74, 6) is -0.281. The largest absolute Gasteiger partial charge is 0.465 e. The van der Waals surface area contributed by atoms with E-state index in [0.29, 0.717) is 5.56 Å². The topological polar surface area (TPSA) is 98.5 Å². The van der Waals surface area contributed by atoms with Crippen LogP contribution in [0.1, 0.15) is 48.0 Å². The second-order valence-electron chi connectivity index (χ2n) is 6.33. The summed E-state index contributed by atoms with van der Waals surface area (Å²) in [6.45, 7) is 2.00. The summed E-state index contributed by atoms with van der Waals surface area (Å²) in [4.78, 5) is 11.8. The van der Waals surface area contributed by atoms with Crippen LogP contribution >= 0.6 is 0 Å². The molecule has 1 unspecified atom stereocenters. The van der Waals surface area contributed by atoms with Crippen LogP contribution in [0, 0.1) is 12.8 Å². The monoisotopic (exact) mass is 354 g/mol. The van der Waals surface area contributed by atoms with Gasteiger partial charge in [-0.3, -0.25) is 0 Å². The number of aryl methyl sites for hydroxylation is 1. The Balaban J connectivity index is 2.24. The van der Waals surface area contributed by atoms with Gasteiger partial charge in [-0.05, 0) is 43.4 Å². The number of methoxy groups -OCH3 is 1. The van der Waals surface area contributed by atoms with Crippen LogP contribution in [0.15, 0.2) is 23.1 Å². The number of sulfonamides is 1. The summed E-state index contributed by atoms with van der Waals surface area (Å²) in [5.41, 5.74) is 6.73. The van der Waals surface area contributed by atoms with Crippen molar-refractivity contribution < 1.29 is 17.9 Å². The Morgan fingerprint density at radius 3 is 2.58 bits per heavy atom. The van der Waals surface area contributed by atoms with Crippen LogP contribution in [0.5, 0.6) is 0 Å². The summed E-state index contributed by atoms with van der Waals surface area (Å²) in [6.07, 6.45) is 5.40. The zero-order chi connectivity index (χ0) is 17.7. The molecule has 0 amide bonds. The smallest absolute Gasteiger partial charge is 0.338 e. The molecule has 0 heterocycles. The Bertz CT molecular complexity index is 682. The van der Waals surface area contributed by atoms with Crippen LogP contribution in [0.2, 0.25) is 0 Å². The lowest BCUT2D eigenvalue weighted by Crippen LogP contribution is -2.45. The van der Waals surface area contributed by atoms with E-state index in [-0.39, 0.29) is 29.0 Å². The maximum Gasteiger partial charge on any atom is 0.338 e. The molecule has 0 saturated heterocycles. The Morgan fingerprint density at radius 1 is 1.33 bits per heavy atom. The predicted octanol–water partition coefficient (Wildman–Crippen LogP) is 1.97. The SMILES string of the molecule is COC(=O)c1cc(S(=O)(=O)NC(CN)C2CCCCC2)ccc1C. The van der Waals surface area contributed by atoms with Gasteiger partial charge in [-0.2, -0.15) is 0 Å². The van der Waals surface area contributed by atoms with E-state index in [1.165, 1.54) is 25.7 Å². The number of esters is 1. The van der Waals surface area contributed by atoms with Crippen molar-refractivity contribution in [2.75, 3.05) is 13.7 Å². The fourth-order valence-corrected chi connectivity index (χ4v) is 4.58. The molecule has 2 rings (SSSR count). The summed E-state index contributed by atoms with van der Waals surface area (Å²) in [7, 11) is -2.47. The molecule has 0 aliphatic heterocycles. The quantitative estimate of drug-likeness (QED) is 0.761. The Kier molecular flexibility index (Phi) is 6.37. The molecule has 1 fully saturated rings. The van der Waals surface area contributed by atoms with Crippen LogP contribution in [-0.4, -0.2) is 34.1 Å². The number of carbonyl (C=O) groups excluding carboxylic acids is 1. The molecule has 1 aromatic rings. The number of nitrogens with one attached hydrogen (secondary N) is 1. The molecule has 3 N–H and O–H groups in total. The highest BCUT2D eigenvalue weighted by Crippen LogP contribution is 2.27. The third-order valence-corrected chi connectivity index (χ3v) is 6.19. The highest BCUT2D eigenvalue weighted by atomic mass is 32.2. The van der Waals surface area contributed by atoms with Crippen LogP contribution in [0.3, 0.4) is 0 Å². The molecule has 0 bridgehead atoms. The average molecular weight is 354 g/mol. The lowest BCUT2D eigenvalue weighted by molar-refractivity contribution is 0.0599. The molecule has 134 valence electrons. The molecule has 7 heteroatoms. The number of benzene rings is 1. The van der Waals surface area contributed by atoms with Gasteiger partial charge < -0.3 is 10.5 Å². The van der Waals surface area contributed by atoms with Crippen molar-refractivity contribution in [3.63, 3.8) is 0 Å². The van der Waals surface area contributed by atoms with E-state index < -0.39 is 16.0 Å². The Hall–Kier alpha value is -1.44. The minimum Gasteiger partial charge on any atom is -0.465 e. The standard InChI is InChI=1S/C17H26N2O4S/c1-12-8-9-14(10-15(12)17(20)23-2)24(21,22)19-16(11-18)13-6-4-3-5-7-13/h8-10,13,16,19H,3-7,11,18H2,1-2H3. The fourth-order valence-electron chi connectivity index (χ4n) is 3.24. The second-order valence-corrected chi connectivity index (χ2v) is 8.04. The first-order valence-electron chi connectivity index (χ1n) is 8.30. The summed E-state index contributed by atoms with van der Waals surface area (Å²) < 4.78 is 32.8. The van der Waals surface area contributed by atoms with Gasteiger partial charge in [-0.15, -0.1) is 0 Å². The van der Waals surface area contributed by atoms with Gasteiger partial charge in [0, 0.05) is 12.6 Å². The number of carbonyl (C=O) groups is 1. The third-order valence-electron chi connectivity index (χ3n) is 4.70. The molecule has 6 nitrogen and oxygen atoms in total. The third kappa shape index (κ3) is 4.34. The van der Waals surface area contributed by atoms with Gasteiger partial charge in [-0.25, -0.2) is 17.9 Å². The van der Waals surface area contributed by atoms with E-state index in [2.05, 4.69) is 4.72 Å². The zero-order valence-corrected chi connectivity index (χ0v) is 15.1.